The maximum atomic E-state index is 11.9. The predicted molar refractivity (Wildman–Crippen MR) is 74.4 cm³/mol. The SMILES string of the molecule is Cc1cnc(C(=O)NS(=O)(=O)CC(C)(C)C#N)c(C)c1. The van der Waals surface area contributed by atoms with Crippen LogP contribution in [0.15, 0.2) is 12.3 Å². The summed E-state index contributed by atoms with van der Waals surface area (Å²) in [6.07, 6.45) is 1.49. The molecule has 0 aliphatic rings. The molecule has 1 amide bonds. The molecule has 0 saturated carbocycles. The molecular formula is C13H17N3O3S. The van der Waals surface area contributed by atoms with Crippen molar-refractivity contribution >= 4 is 15.9 Å². The fraction of sp³-hybridized carbons (Fsp3) is 0.462. The van der Waals surface area contributed by atoms with E-state index in [0.717, 1.165) is 5.56 Å². The topological polar surface area (TPSA) is 99.9 Å². The van der Waals surface area contributed by atoms with E-state index in [-0.39, 0.29) is 5.69 Å². The third-order valence-electron chi connectivity index (χ3n) is 2.53. The number of sulfonamides is 1. The second kappa shape index (κ2) is 5.59. The molecule has 6 nitrogen and oxygen atoms in total. The van der Waals surface area contributed by atoms with Crippen molar-refractivity contribution in [2.24, 2.45) is 5.41 Å². The molecule has 0 saturated heterocycles. The number of amides is 1. The fourth-order valence-electron chi connectivity index (χ4n) is 1.69. The molecule has 0 spiro atoms. The van der Waals surface area contributed by atoms with Crippen molar-refractivity contribution in [3.8, 4) is 6.07 Å². The van der Waals surface area contributed by atoms with Crippen LogP contribution in [0.4, 0.5) is 0 Å². The molecule has 0 bridgehead atoms. The van der Waals surface area contributed by atoms with Crippen LogP contribution in [0.1, 0.15) is 35.5 Å². The summed E-state index contributed by atoms with van der Waals surface area (Å²) in [5, 5.41) is 8.84. The van der Waals surface area contributed by atoms with Crippen molar-refractivity contribution in [2.75, 3.05) is 5.75 Å². The molecule has 1 N–H and O–H groups in total. The molecule has 1 aromatic rings. The number of carbonyl (C=O) groups excluding carboxylic acids is 1. The quantitative estimate of drug-likeness (QED) is 0.902. The first-order valence-corrected chi connectivity index (χ1v) is 7.61. The Morgan fingerprint density at radius 1 is 1.45 bits per heavy atom. The minimum atomic E-state index is -3.89. The highest BCUT2D eigenvalue weighted by Crippen LogP contribution is 2.16. The Hall–Kier alpha value is -1.94. The number of hydrogen-bond donors (Lipinski definition) is 1. The van der Waals surface area contributed by atoms with Crippen LogP contribution in [-0.2, 0) is 10.0 Å². The van der Waals surface area contributed by atoms with Crippen LogP contribution in [0.3, 0.4) is 0 Å². The lowest BCUT2D eigenvalue weighted by Crippen LogP contribution is -2.37. The van der Waals surface area contributed by atoms with E-state index in [1.54, 1.807) is 13.0 Å². The highest BCUT2D eigenvalue weighted by Gasteiger charge is 2.28. The van der Waals surface area contributed by atoms with E-state index in [2.05, 4.69) is 4.98 Å². The number of carbonyl (C=O) groups is 1. The lowest BCUT2D eigenvalue weighted by atomic mass is 10.00. The van der Waals surface area contributed by atoms with E-state index in [9.17, 15) is 13.2 Å². The maximum Gasteiger partial charge on any atom is 0.283 e. The first-order valence-electron chi connectivity index (χ1n) is 5.96. The third kappa shape index (κ3) is 4.31. The van der Waals surface area contributed by atoms with Crippen molar-refractivity contribution in [1.29, 1.82) is 5.26 Å². The van der Waals surface area contributed by atoms with Gasteiger partial charge < -0.3 is 0 Å². The van der Waals surface area contributed by atoms with Crippen LogP contribution >= 0.6 is 0 Å². The summed E-state index contributed by atoms with van der Waals surface area (Å²) in [6.45, 7) is 6.49. The minimum absolute atomic E-state index is 0.0638. The molecule has 1 rings (SSSR count). The van der Waals surface area contributed by atoms with E-state index in [1.165, 1.54) is 20.0 Å². The molecule has 0 aliphatic carbocycles. The second-order valence-corrected chi connectivity index (χ2v) is 7.09. The molecule has 0 atom stereocenters. The molecule has 7 heteroatoms. The molecular weight excluding hydrogens is 278 g/mol. The van der Waals surface area contributed by atoms with Gasteiger partial charge in [0.1, 0.15) is 5.69 Å². The first kappa shape index (κ1) is 16.1. The van der Waals surface area contributed by atoms with E-state index in [4.69, 9.17) is 5.26 Å². The van der Waals surface area contributed by atoms with Crippen LogP contribution in [0, 0.1) is 30.6 Å². The van der Waals surface area contributed by atoms with Gasteiger partial charge in [-0.15, -0.1) is 0 Å². The number of hydrogen-bond acceptors (Lipinski definition) is 5. The summed E-state index contributed by atoms with van der Waals surface area (Å²) in [5.41, 5.74) is 0.473. The Labute approximate surface area is 118 Å². The number of nitrogens with zero attached hydrogens (tertiary/aromatic N) is 2. The Morgan fingerprint density at radius 2 is 2.05 bits per heavy atom. The monoisotopic (exact) mass is 295 g/mol. The van der Waals surface area contributed by atoms with Crippen molar-refractivity contribution in [3.05, 3.63) is 29.1 Å². The molecule has 0 unspecified atom stereocenters. The highest BCUT2D eigenvalue weighted by molar-refractivity contribution is 7.90. The van der Waals surface area contributed by atoms with E-state index in [0.29, 0.717) is 5.56 Å². The lowest BCUT2D eigenvalue weighted by Gasteiger charge is -2.15. The molecule has 0 aliphatic heterocycles. The summed E-state index contributed by atoms with van der Waals surface area (Å²) in [4.78, 5) is 15.9. The average Bonchev–Trinajstić information content (AvgIpc) is 2.26. The average molecular weight is 295 g/mol. The van der Waals surface area contributed by atoms with Crippen LogP contribution < -0.4 is 4.72 Å². The maximum absolute atomic E-state index is 11.9. The van der Waals surface area contributed by atoms with E-state index < -0.39 is 27.1 Å². The number of nitriles is 1. The highest BCUT2D eigenvalue weighted by atomic mass is 32.2. The molecule has 0 fully saturated rings. The summed E-state index contributed by atoms with van der Waals surface area (Å²) >= 11 is 0. The molecule has 108 valence electrons. The minimum Gasteiger partial charge on any atom is -0.266 e. The Kier molecular flexibility index (Phi) is 4.50. The van der Waals surface area contributed by atoms with Crippen LogP contribution in [-0.4, -0.2) is 25.1 Å². The van der Waals surface area contributed by atoms with Gasteiger partial charge in [0, 0.05) is 6.20 Å². The van der Waals surface area contributed by atoms with Gasteiger partial charge in [-0.25, -0.2) is 13.1 Å². The third-order valence-corrected chi connectivity index (χ3v) is 4.13. The zero-order chi connectivity index (χ0) is 15.6. The molecule has 0 radical (unpaired) electrons. The fourth-order valence-corrected chi connectivity index (χ4v) is 3.15. The van der Waals surface area contributed by atoms with Crippen molar-refractivity contribution in [1.82, 2.24) is 9.71 Å². The Morgan fingerprint density at radius 3 is 2.55 bits per heavy atom. The van der Waals surface area contributed by atoms with Crippen molar-refractivity contribution in [3.63, 3.8) is 0 Å². The van der Waals surface area contributed by atoms with Gasteiger partial charge >= 0.3 is 0 Å². The van der Waals surface area contributed by atoms with Gasteiger partial charge in [-0.1, -0.05) is 6.07 Å². The normalized spacial score (nSPS) is 11.8. The molecule has 0 aromatic carbocycles. The van der Waals surface area contributed by atoms with Gasteiger partial charge in [0.15, 0.2) is 0 Å². The van der Waals surface area contributed by atoms with Gasteiger partial charge in [-0.05, 0) is 38.8 Å². The van der Waals surface area contributed by atoms with E-state index >= 15 is 0 Å². The predicted octanol–water partition coefficient (Wildman–Crippen LogP) is 1.31. The number of rotatable bonds is 4. The summed E-state index contributed by atoms with van der Waals surface area (Å²) in [7, 11) is -3.89. The van der Waals surface area contributed by atoms with Gasteiger partial charge in [0.05, 0.1) is 17.2 Å². The van der Waals surface area contributed by atoms with E-state index in [1.807, 2.05) is 17.7 Å². The largest absolute Gasteiger partial charge is 0.283 e. The lowest BCUT2D eigenvalue weighted by molar-refractivity contribution is 0.0976. The summed E-state index contributed by atoms with van der Waals surface area (Å²) < 4.78 is 25.7. The van der Waals surface area contributed by atoms with Crippen molar-refractivity contribution in [2.45, 2.75) is 27.7 Å². The van der Waals surface area contributed by atoms with Crippen LogP contribution in [0.25, 0.3) is 0 Å². The number of pyridine rings is 1. The molecule has 1 heterocycles. The van der Waals surface area contributed by atoms with Crippen LogP contribution in [0.5, 0.6) is 0 Å². The first-order chi connectivity index (χ1) is 9.06. The standard InChI is InChI=1S/C13H17N3O3S/c1-9-5-10(2)11(15-6-9)12(17)16-20(18,19)8-13(3,4)7-14/h5-6H,8H2,1-4H3,(H,16,17). The summed E-state index contributed by atoms with van der Waals surface area (Å²) in [6, 6.07) is 3.63. The smallest absolute Gasteiger partial charge is 0.266 e. The van der Waals surface area contributed by atoms with Gasteiger partial charge in [0.25, 0.3) is 5.91 Å². The van der Waals surface area contributed by atoms with Crippen molar-refractivity contribution < 1.29 is 13.2 Å². The van der Waals surface area contributed by atoms with Gasteiger partial charge in [-0.2, -0.15) is 5.26 Å². The number of nitrogens with one attached hydrogen (secondary N) is 1. The second-order valence-electron chi connectivity index (χ2n) is 5.36. The molecule has 20 heavy (non-hydrogen) atoms. The van der Waals surface area contributed by atoms with Gasteiger partial charge in [0.2, 0.25) is 10.0 Å². The number of aryl methyl sites for hydroxylation is 2. The van der Waals surface area contributed by atoms with Gasteiger partial charge in [-0.3, -0.25) is 9.78 Å². The number of aromatic nitrogens is 1. The zero-order valence-electron chi connectivity index (χ0n) is 11.9. The summed E-state index contributed by atoms with van der Waals surface area (Å²) in [5.74, 6) is -1.23. The zero-order valence-corrected chi connectivity index (χ0v) is 12.7. The van der Waals surface area contributed by atoms with Crippen LogP contribution in [0.2, 0.25) is 0 Å². The Bertz CT molecular complexity index is 673. The Balaban J connectivity index is 2.93. The molecule has 1 aromatic heterocycles.